The summed E-state index contributed by atoms with van der Waals surface area (Å²) in [6.07, 6.45) is 3.40. The summed E-state index contributed by atoms with van der Waals surface area (Å²) in [5.41, 5.74) is 5.66. The van der Waals surface area contributed by atoms with Crippen molar-refractivity contribution in [2.24, 2.45) is 5.16 Å². The number of Topliss-reactive ketones (excluding diaryl/α,β-unsaturated/α-hetero) is 1. The number of thiazole rings is 1. The molecular formula is C23H29N5O8S2. The Kier molecular flexibility index (Phi) is 10.2. The lowest BCUT2D eigenvalue weighted by molar-refractivity contribution is -0.150. The van der Waals surface area contributed by atoms with E-state index < -0.39 is 41.6 Å². The van der Waals surface area contributed by atoms with E-state index in [4.69, 9.17) is 15.3 Å². The van der Waals surface area contributed by atoms with Crippen molar-refractivity contribution in [1.29, 1.82) is 0 Å². The van der Waals surface area contributed by atoms with Crippen molar-refractivity contribution in [2.45, 2.75) is 57.4 Å². The van der Waals surface area contributed by atoms with Gasteiger partial charge in [-0.1, -0.05) is 24.9 Å². The summed E-state index contributed by atoms with van der Waals surface area (Å²) in [6.45, 7) is 3.25. The number of fused-ring (bicyclic) bond motifs is 1. The molecule has 0 unspecified atom stereocenters. The molecule has 15 heteroatoms. The first-order valence-electron chi connectivity index (χ1n) is 11.9. The lowest BCUT2D eigenvalue weighted by atomic mass is 10.0. The van der Waals surface area contributed by atoms with E-state index in [9.17, 15) is 29.1 Å². The molecule has 206 valence electrons. The number of esters is 1. The molecule has 1 fully saturated rings. The maximum absolute atomic E-state index is 13.1. The Morgan fingerprint density at radius 3 is 2.68 bits per heavy atom. The summed E-state index contributed by atoms with van der Waals surface area (Å²) in [5.74, 6) is -3.76. The van der Waals surface area contributed by atoms with Crippen molar-refractivity contribution in [3.05, 3.63) is 22.3 Å². The number of ketones is 1. The van der Waals surface area contributed by atoms with Gasteiger partial charge in [-0.05, 0) is 19.8 Å². The smallest absolute Gasteiger partial charge is 0.352 e. The van der Waals surface area contributed by atoms with Crippen LogP contribution in [0.1, 0.15) is 51.6 Å². The minimum absolute atomic E-state index is 0.139. The molecule has 4 N–H and O–H groups in total. The number of nitrogens with two attached hydrogens (primary N) is 1. The summed E-state index contributed by atoms with van der Waals surface area (Å²) >= 11 is 2.32. The molecule has 0 aromatic carbocycles. The number of carboxylic acid groups (broad SMARTS) is 1. The van der Waals surface area contributed by atoms with Crippen molar-refractivity contribution in [2.75, 3.05) is 24.7 Å². The fourth-order valence-electron chi connectivity index (χ4n) is 3.73. The molecule has 2 aliphatic heterocycles. The van der Waals surface area contributed by atoms with E-state index in [1.54, 1.807) is 5.38 Å². The Morgan fingerprint density at radius 1 is 1.29 bits per heavy atom. The number of hydrogen-bond acceptors (Lipinski definition) is 12. The van der Waals surface area contributed by atoms with E-state index in [0.717, 1.165) is 41.9 Å². The van der Waals surface area contributed by atoms with Crippen LogP contribution in [0.4, 0.5) is 5.13 Å². The average molecular weight is 568 g/mol. The molecule has 1 aromatic heterocycles. The quantitative estimate of drug-likeness (QED) is 0.0733. The van der Waals surface area contributed by atoms with Gasteiger partial charge in [0.2, 0.25) is 0 Å². The lowest BCUT2D eigenvalue weighted by Gasteiger charge is -2.49. The number of β-lactam (4-membered cyclic amide) rings is 1. The monoisotopic (exact) mass is 567 g/mol. The number of nitrogens with zero attached hydrogens (tertiary/aromatic N) is 3. The molecular weight excluding hydrogens is 538 g/mol. The molecule has 0 saturated carbocycles. The number of nitrogen functional groups attached to an aromatic ring is 1. The highest BCUT2D eigenvalue weighted by molar-refractivity contribution is 8.00. The number of thioether (sulfide) groups is 1. The molecule has 1 saturated heterocycles. The van der Waals surface area contributed by atoms with Crippen LogP contribution in [-0.2, 0) is 33.5 Å². The number of ether oxygens (including phenoxy) is 1. The number of anilines is 1. The Bertz CT molecular complexity index is 1160. The number of aliphatic carboxylic acids is 1. The number of nitrogens with one attached hydrogen (secondary N) is 1. The van der Waals surface area contributed by atoms with Crippen molar-refractivity contribution in [3.63, 3.8) is 0 Å². The molecule has 13 nitrogen and oxygen atoms in total. The van der Waals surface area contributed by atoms with E-state index in [1.165, 1.54) is 18.7 Å². The van der Waals surface area contributed by atoms with Crippen LogP contribution in [0.3, 0.4) is 0 Å². The van der Waals surface area contributed by atoms with Gasteiger partial charge in [0, 0.05) is 16.7 Å². The summed E-state index contributed by atoms with van der Waals surface area (Å²) < 4.78 is 5.01. The third kappa shape index (κ3) is 7.10. The zero-order chi connectivity index (χ0) is 27.8. The van der Waals surface area contributed by atoms with Crippen molar-refractivity contribution in [3.8, 4) is 0 Å². The van der Waals surface area contributed by atoms with Gasteiger partial charge in [0.05, 0.1) is 0 Å². The molecule has 2 aliphatic rings. The second-order valence-electron chi connectivity index (χ2n) is 8.56. The number of unbranched alkanes of at least 4 members (excludes halogenated alkanes) is 3. The highest BCUT2D eigenvalue weighted by Crippen LogP contribution is 2.40. The average Bonchev–Trinajstić information content (AvgIpc) is 3.29. The van der Waals surface area contributed by atoms with Crippen molar-refractivity contribution < 1.29 is 38.7 Å². The van der Waals surface area contributed by atoms with Crippen LogP contribution in [-0.4, -0.2) is 80.6 Å². The minimum Gasteiger partial charge on any atom is -0.477 e. The molecule has 0 spiro atoms. The van der Waals surface area contributed by atoms with Crippen molar-refractivity contribution in [1.82, 2.24) is 15.2 Å². The standard InChI is InChI=1S/C23H29N5O8S2/c1-3-4-5-6-7-36-27-16(14-11-38-23(24)25-14)19(31)26-17-20(32)28-18(22(33)34)13(10-37-21(17)28)9-35-15(30)8-12(2)29/h11,17,21H,3-10H2,1-2H3,(H2,24,25)(H,26,31)(H,33,34)/b27-16-/t17-,21+/m1/s1. The Morgan fingerprint density at radius 2 is 2.05 bits per heavy atom. The molecule has 2 atom stereocenters. The second kappa shape index (κ2) is 13.4. The number of amides is 2. The first-order valence-corrected chi connectivity index (χ1v) is 13.8. The summed E-state index contributed by atoms with van der Waals surface area (Å²) in [4.78, 5) is 71.3. The fraction of sp³-hybridized carbons (Fsp3) is 0.522. The van der Waals surface area contributed by atoms with E-state index in [-0.39, 0.29) is 46.0 Å². The fourth-order valence-corrected chi connectivity index (χ4v) is 5.61. The van der Waals surface area contributed by atoms with Gasteiger partial charge in [0.15, 0.2) is 10.8 Å². The molecule has 0 aliphatic carbocycles. The first kappa shape index (κ1) is 29.1. The van der Waals surface area contributed by atoms with Crippen LogP contribution in [0.15, 0.2) is 21.8 Å². The van der Waals surface area contributed by atoms with Crippen LogP contribution in [0, 0.1) is 0 Å². The minimum atomic E-state index is -1.37. The molecule has 1 aromatic rings. The van der Waals surface area contributed by atoms with E-state index >= 15 is 0 Å². The largest absolute Gasteiger partial charge is 0.477 e. The number of carboxylic acids is 1. The number of carbonyl (C=O) groups is 5. The van der Waals surface area contributed by atoms with E-state index in [2.05, 4.69) is 22.4 Å². The van der Waals surface area contributed by atoms with Gasteiger partial charge < -0.3 is 25.7 Å². The van der Waals surface area contributed by atoms with Crippen LogP contribution in [0.2, 0.25) is 0 Å². The van der Waals surface area contributed by atoms with E-state index in [0.29, 0.717) is 6.61 Å². The Balaban J connectivity index is 1.70. The summed E-state index contributed by atoms with van der Waals surface area (Å²) in [5, 5.41) is 17.4. The molecule has 3 rings (SSSR count). The van der Waals surface area contributed by atoms with Crippen LogP contribution in [0.25, 0.3) is 0 Å². The Hall–Kier alpha value is -3.46. The van der Waals surface area contributed by atoms with Crippen molar-refractivity contribution >= 4 is 63.5 Å². The van der Waals surface area contributed by atoms with Gasteiger partial charge in [0.25, 0.3) is 11.8 Å². The second-order valence-corrected chi connectivity index (χ2v) is 10.6. The highest BCUT2D eigenvalue weighted by atomic mass is 32.2. The highest BCUT2D eigenvalue weighted by Gasteiger charge is 2.54. The molecule has 0 radical (unpaired) electrons. The topological polar surface area (TPSA) is 191 Å². The number of carbonyl (C=O) groups excluding carboxylic acids is 4. The van der Waals surface area contributed by atoms with Crippen LogP contribution >= 0.6 is 23.1 Å². The maximum atomic E-state index is 13.1. The third-order valence-electron chi connectivity index (χ3n) is 5.56. The SMILES string of the molecule is CCCCCCO/N=C(\C(=O)N[C@@H]1C(=O)N2C(C(=O)O)=C(COC(=O)CC(C)=O)CS[C@@H]12)c1csc(N)n1. The van der Waals surface area contributed by atoms with Gasteiger partial charge in [-0.25, -0.2) is 9.78 Å². The van der Waals surface area contributed by atoms with Crippen LogP contribution in [0.5, 0.6) is 0 Å². The summed E-state index contributed by atoms with van der Waals surface area (Å²) in [7, 11) is 0. The molecule has 0 bridgehead atoms. The number of rotatable bonds is 14. The zero-order valence-electron chi connectivity index (χ0n) is 20.9. The lowest BCUT2D eigenvalue weighted by Crippen LogP contribution is -2.71. The van der Waals surface area contributed by atoms with Gasteiger partial charge in [-0.3, -0.25) is 24.1 Å². The van der Waals surface area contributed by atoms with Gasteiger partial charge in [-0.15, -0.1) is 23.1 Å². The van der Waals surface area contributed by atoms with Gasteiger partial charge >= 0.3 is 11.9 Å². The maximum Gasteiger partial charge on any atom is 0.352 e. The number of aromatic nitrogens is 1. The van der Waals surface area contributed by atoms with E-state index in [1.807, 2.05) is 0 Å². The zero-order valence-corrected chi connectivity index (χ0v) is 22.6. The number of oxime groups is 1. The predicted octanol–water partition coefficient (Wildman–Crippen LogP) is 1.29. The predicted molar refractivity (Wildman–Crippen MR) is 139 cm³/mol. The normalized spacial score (nSPS) is 18.9. The Labute approximate surface area is 226 Å². The first-order chi connectivity index (χ1) is 18.1. The summed E-state index contributed by atoms with van der Waals surface area (Å²) in [6, 6.07) is -1.02. The molecule has 2 amide bonds. The van der Waals surface area contributed by atoms with Gasteiger partial charge in [-0.2, -0.15) is 0 Å². The number of hydrogen-bond donors (Lipinski definition) is 3. The van der Waals surface area contributed by atoms with Crippen LogP contribution < -0.4 is 11.1 Å². The molecule has 3 heterocycles. The molecule has 38 heavy (non-hydrogen) atoms. The third-order valence-corrected chi connectivity index (χ3v) is 7.58. The van der Waals surface area contributed by atoms with Gasteiger partial charge in [0.1, 0.15) is 48.2 Å².